The molecule has 1 saturated carbocycles. The lowest BCUT2D eigenvalue weighted by atomic mass is 9.98. The van der Waals surface area contributed by atoms with Gasteiger partial charge in [0.25, 0.3) is 5.91 Å². The average Bonchev–Trinajstić information content (AvgIpc) is 3.65. The van der Waals surface area contributed by atoms with Crippen molar-refractivity contribution in [2.75, 3.05) is 40.0 Å². The van der Waals surface area contributed by atoms with Gasteiger partial charge in [-0.1, -0.05) is 24.3 Å². The number of morpholine rings is 1. The molecule has 7 nitrogen and oxygen atoms in total. The van der Waals surface area contributed by atoms with Crippen LogP contribution >= 0.6 is 0 Å². The summed E-state index contributed by atoms with van der Waals surface area (Å²) in [6, 6.07) is 12.3. The van der Waals surface area contributed by atoms with Gasteiger partial charge in [-0.05, 0) is 24.5 Å². The molecule has 4 rings (SSSR count). The number of nitrogens with zero attached hydrogens (tertiary/aromatic N) is 2. The molecule has 1 aliphatic heterocycles. The molecule has 1 aliphatic carbocycles. The maximum Gasteiger partial charge on any atom is 0.253 e. The number of rotatable bonds is 9. The number of methoxy groups -OCH3 is 1. The van der Waals surface area contributed by atoms with Crippen molar-refractivity contribution >= 4 is 16.7 Å². The van der Waals surface area contributed by atoms with Crippen LogP contribution < -0.4 is 10.1 Å². The fourth-order valence-corrected chi connectivity index (χ4v) is 4.02. The summed E-state index contributed by atoms with van der Waals surface area (Å²) in [6.45, 7) is 3.36. The summed E-state index contributed by atoms with van der Waals surface area (Å²) in [5.41, 5.74) is 1.41. The molecule has 2 aromatic rings. The number of carbonyl (C=O) groups excluding carboxylic acids is 1. The Bertz CT molecular complexity index is 961. The first-order chi connectivity index (χ1) is 15.2. The molecule has 0 unspecified atom stereocenters. The lowest BCUT2D eigenvalue weighted by Crippen LogP contribution is -2.49. The Labute approximate surface area is 182 Å². The zero-order chi connectivity index (χ0) is 21.6. The van der Waals surface area contributed by atoms with Crippen LogP contribution in [0.15, 0.2) is 30.3 Å². The van der Waals surface area contributed by atoms with E-state index in [1.807, 2.05) is 35.2 Å². The van der Waals surface area contributed by atoms with Gasteiger partial charge in [0.2, 0.25) is 0 Å². The van der Waals surface area contributed by atoms with Gasteiger partial charge < -0.3 is 24.4 Å². The van der Waals surface area contributed by atoms with E-state index in [0.29, 0.717) is 38.5 Å². The van der Waals surface area contributed by atoms with Crippen molar-refractivity contribution in [1.29, 1.82) is 5.26 Å². The van der Waals surface area contributed by atoms with Crippen LogP contribution in [0.3, 0.4) is 0 Å². The SMILES string of the molecule is COCCCOc1cc(CN(C(=O)[C@H]2CNCCO2)C2CC2)c(C#N)c2ccccc12. The largest absolute Gasteiger partial charge is 0.493 e. The maximum absolute atomic E-state index is 13.2. The molecule has 1 saturated heterocycles. The number of hydrogen-bond donors (Lipinski definition) is 1. The number of carbonyl (C=O) groups is 1. The lowest BCUT2D eigenvalue weighted by molar-refractivity contribution is -0.146. The van der Waals surface area contributed by atoms with Crippen molar-refractivity contribution in [2.24, 2.45) is 0 Å². The molecule has 2 aliphatic rings. The van der Waals surface area contributed by atoms with E-state index in [0.717, 1.165) is 47.9 Å². The number of amides is 1. The second-order valence-electron chi connectivity index (χ2n) is 8.02. The van der Waals surface area contributed by atoms with Crippen molar-refractivity contribution < 1.29 is 19.0 Å². The molecule has 31 heavy (non-hydrogen) atoms. The van der Waals surface area contributed by atoms with Gasteiger partial charge in [-0.25, -0.2) is 0 Å². The van der Waals surface area contributed by atoms with Crippen LogP contribution in [-0.2, 0) is 20.8 Å². The van der Waals surface area contributed by atoms with Crippen molar-refractivity contribution in [3.05, 3.63) is 41.5 Å². The van der Waals surface area contributed by atoms with Crippen LogP contribution in [0, 0.1) is 11.3 Å². The third-order valence-electron chi connectivity index (χ3n) is 5.76. The molecule has 164 valence electrons. The highest BCUT2D eigenvalue weighted by molar-refractivity contribution is 5.94. The van der Waals surface area contributed by atoms with Crippen molar-refractivity contribution in [1.82, 2.24) is 10.2 Å². The second-order valence-corrected chi connectivity index (χ2v) is 8.02. The van der Waals surface area contributed by atoms with Gasteiger partial charge in [0, 0.05) is 56.6 Å². The highest BCUT2D eigenvalue weighted by Gasteiger charge is 2.37. The van der Waals surface area contributed by atoms with E-state index >= 15 is 0 Å². The quantitative estimate of drug-likeness (QED) is 0.624. The molecular formula is C24H29N3O4. The summed E-state index contributed by atoms with van der Waals surface area (Å²) >= 11 is 0. The summed E-state index contributed by atoms with van der Waals surface area (Å²) in [5.74, 6) is 0.730. The topological polar surface area (TPSA) is 83.8 Å². The third-order valence-corrected chi connectivity index (χ3v) is 5.76. The van der Waals surface area contributed by atoms with E-state index < -0.39 is 6.10 Å². The molecule has 0 radical (unpaired) electrons. The van der Waals surface area contributed by atoms with Gasteiger partial charge in [-0.15, -0.1) is 0 Å². The fourth-order valence-electron chi connectivity index (χ4n) is 4.02. The average molecular weight is 424 g/mol. The summed E-state index contributed by atoms with van der Waals surface area (Å²) in [5, 5.41) is 14.9. The monoisotopic (exact) mass is 423 g/mol. The number of fused-ring (bicyclic) bond motifs is 1. The van der Waals surface area contributed by atoms with E-state index in [-0.39, 0.29) is 11.9 Å². The van der Waals surface area contributed by atoms with Crippen molar-refractivity contribution in [2.45, 2.75) is 38.0 Å². The van der Waals surface area contributed by atoms with E-state index in [1.165, 1.54) is 0 Å². The van der Waals surface area contributed by atoms with Crippen LogP contribution in [0.5, 0.6) is 5.75 Å². The summed E-state index contributed by atoms with van der Waals surface area (Å²) < 4.78 is 16.9. The number of hydrogen-bond acceptors (Lipinski definition) is 6. The fraction of sp³-hybridized carbons (Fsp3) is 0.500. The minimum Gasteiger partial charge on any atom is -0.493 e. The van der Waals surface area contributed by atoms with Gasteiger partial charge in [0.1, 0.15) is 17.9 Å². The molecule has 1 N–H and O–H groups in total. The number of nitriles is 1. The molecule has 1 atom stereocenters. The Morgan fingerprint density at radius 3 is 2.77 bits per heavy atom. The Kier molecular flexibility index (Phi) is 7.03. The number of ether oxygens (including phenoxy) is 3. The standard InChI is InChI=1S/C24H29N3O4/c1-29-10-4-11-30-22-13-17(21(14-25)19-5-2-3-6-20(19)22)16-27(18-7-8-18)24(28)23-15-26-9-12-31-23/h2-3,5-6,13,18,23,26H,4,7-12,15-16H2,1H3/t23-/m1/s1. The Morgan fingerprint density at radius 1 is 1.29 bits per heavy atom. The van der Waals surface area contributed by atoms with E-state index in [2.05, 4.69) is 11.4 Å². The highest BCUT2D eigenvalue weighted by atomic mass is 16.5. The number of nitrogens with one attached hydrogen (secondary N) is 1. The molecule has 0 bridgehead atoms. The van der Waals surface area contributed by atoms with Crippen LogP contribution in [0.1, 0.15) is 30.4 Å². The molecule has 0 spiro atoms. The molecule has 7 heteroatoms. The zero-order valence-corrected chi connectivity index (χ0v) is 17.9. The predicted octanol–water partition coefficient (Wildman–Crippen LogP) is 2.61. The van der Waals surface area contributed by atoms with E-state index in [4.69, 9.17) is 14.2 Å². The zero-order valence-electron chi connectivity index (χ0n) is 17.9. The third kappa shape index (κ3) is 4.99. The van der Waals surface area contributed by atoms with E-state index in [1.54, 1.807) is 7.11 Å². The molecule has 1 amide bonds. The normalized spacial score (nSPS) is 18.5. The predicted molar refractivity (Wildman–Crippen MR) is 117 cm³/mol. The molecule has 0 aromatic heterocycles. The van der Waals surface area contributed by atoms with Crippen LogP contribution in [0.4, 0.5) is 0 Å². The van der Waals surface area contributed by atoms with Gasteiger partial charge >= 0.3 is 0 Å². The van der Waals surface area contributed by atoms with Gasteiger partial charge in [-0.2, -0.15) is 5.26 Å². The molecule has 2 fully saturated rings. The first kappa shape index (κ1) is 21.6. The van der Waals surface area contributed by atoms with Crippen LogP contribution in [0.2, 0.25) is 0 Å². The molecular weight excluding hydrogens is 394 g/mol. The summed E-state index contributed by atoms with van der Waals surface area (Å²) in [4.78, 5) is 15.1. The van der Waals surface area contributed by atoms with Gasteiger partial charge in [0.05, 0.1) is 18.8 Å². The second kappa shape index (κ2) is 10.1. The van der Waals surface area contributed by atoms with E-state index in [9.17, 15) is 10.1 Å². The van der Waals surface area contributed by atoms with Crippen molar-refractivity contribution in [3.8, 4) is 11.8 Å². The molecule has 2 aromatic carbocycles. The number of benzene rings is 2. The van der Waals surface area contributed by atoms with Crippen LogP contribution in [-0.4, -0.2) is 63.0 Å². The Morgan fingerprint density at radius 2 is 2.10 bits per heavy atom. The highest BCUT2D eigenvalue weighted by Crippen LogP contribution is 2.35. The minimum absolute atomic E-state index is 0.00527. The van der Waals surface area contributed by atoms with Gasteiger partial charge in [-0.3, -0.25) is 4.79 Å². The summed E-state index contributed by atoms with van der Waals surface area (Å²) in [7, 11) is 1.67. The minimum atomic E-state index is -0.467. The Balaban J connectivity index is 1.64. The smallest absolute Gasteiger partial charge is 0.253 e. The Hall–Kier alpha value is -2.66. The molecule has 1 heterocycles. The first-order valence-electron chi connectivity index (χ1n) is 10.9. The maximum atomic E-state index is 13.2. The van der Waals surface area contributed by atoms with Crippen LogP contribution in [0.25, 0.3) is 10.8 Å². The van der Waals surface area contributed by atoms with Crippen molar-refractivity contribution in [3.63, 3.8) is 0 Å². The van der Waals surface area contributed by atoms with Gasteiger partial charge in [0.15, 0.2) is 0 Å². The lowest BCUT2D eigenvalue weighted by Gasteiger charge is -2.30. The summed E-state index contributed by atoms with van der Waals surface area (Å²) in [6.07, 6.45) is 2.28. The first-order valence-corrected chi connectivity index (χ1v) is 10.9.